The van der Waals surface area contributed by atoms with E-state index in [0.29, 0.717) is 6.54 Å². The zero-order valence-electron chi connectivity index (χ0n) is 11.7. The van der Waals surface area contributed by atoms with Gasteiger partial charge in [-0.1, -0.05) is 24.3 Å². The van der Waals surface area contributed by atoms with Crippen molar-refractivity contribution in [2.45, 2.75) is 50.7 Å². The topological polar surface area (TPSA) is 59.0 Å². The standard InChI is InChI=1S/C16H22N2O/c1-16(2,11-18)13-8-6-12(7-9-13)15-5-3-4-14(10-17)19-15/h6-9,14-15H,3-5,10,17H2,1-2H3. The third kappa shape index (κ3) is 3.15. The molecule has 102 valence electrons. The fourth-order valence-corrected chi connectivity index (χ4v) is 2.50. The summed E-state index contributed by atoms with van der Waals surface area (Å²) in [7, 11) is 0. The zero-order chi connectivity index (χ0) is 13.9. The van der Waals surface area contributed by atoms with Crippen molar-refractivity contribution in [2.24, 2.45) is 5.73 Å². The van der Waals surface area contributed by atoms with Crippen LogP contribution in [0.4, 0.5) is 0 Å². The normalized spacial score (nSPS) is 23.9. The summed E-state index contributed by atoms with van der Waals surface area (Å²) in [6, 6.07) is 10.6. The Labute approximate surface area is 115 Å². The second kappa shape index (κ2) is 5.73. The smallest absolute Gasteiger partial charge is 0.0829 e. The molecule has 1 fully saturated rings. The molecule has 1 aromatic rings. The largest absolute Gasteiger partial charge is 0.369 e. The van der Waals surface area contributed by atoms with Crippen molar-refractivity contribution in [1.82, 2.24) is 0 Å². The van der Waals surface area contributed by atoms with Crippen molar-refractivity contribution in [3.05, 3.63) is 35.4 Å². The molecule has 2 N–H and O–H groups in total. The van der Waals surface area contributed by atoms with E-state index in [1.807, 2.05) is 26.0 Å². The molecule has 0 aromatic heterocycles. The van der Waals surface area contributed by atoms with Gasteiger partial charge in [-0.15, -0.1) is 0 Å². The summed E-state index contributed by atoms with van der Waals surface area (Å²) < 4.78 is 5.98. The summed E-state index contributed by atoms with van der Waals surface area (Å²) in [4.78, 5) is 0. The van der Waals surface area contributed by atoms with Crippen LogP contribution in [0.3, 0.4) is 0 Å². The van der Waals surface area contributed by atoms with Gasteiger partial charge in [-0.05, 0) is 44.2 Å². The minimum atomic E-state index is -0.439. The number of nitrogens with zero attached hydrogens (tertiary/aromatic N) is 1. The van der Waals surface area contributed by atoms with Crippen LogP contribution in [0.25, 0.3) is 0 Å². The van der Waals surface area contributed by atoms with Crippen LogP contribution in [-0.4, -0.2) is 12.6 Å². The molecular weight excluding hydrogens is 236 g/mol. The third-order valence-electron chi connectivity index (χ3n) is 3.90. The van der Waals surface area contributed by atoms with E-state index in [1.165, 1.54) is 5.56 Å². The van der Waals surface area contributed by atoms with Gasteiger partial charge in [0.2, 0.25) is 0 Å². The SMILES string of the molecule is CC(C)(C#N)c1ccc(C2CCCC(CN)O2)cc1. The Morgan fingerprint density at radius 3 is 2.58 bits per heavy atom. The molecule has 19 heavy (non-hydrogen) atoms. The molecule has 1 saturated heterocycles. The first-order valence-electron chi connectivity index (χ1n) is 6.94. The number of rotatable bonds is 3. The number of nitriles is 1. The summed E-state index contributed by atoms with van der Waals surface area (Å²) in [5, 5.41) is 9.14. The van der Waals surface area contributed by atoms with Gasteiger partial charge in [0.05, 0.1) is 23.7 Å². The molecule has 0 bridgehead atoms. The highest BCUT2D eigenvalue weighted by Gasteiger charge is 2.24. The third-order valence-corrected chi connectivity index (χ3v) is 3.90. The van der Waals surface area contributed by atoms with Crippen molar-refractivity contribution in [1.29, 1.82) is 5.26 Å². The average Bonchev–Trinajstić information content (AvgIpc) is 2.47. The Balaban J connectivity index is 2.13. The Morgan fingerprint density at radius 2 is 2.00 bits per heavy atom. The van der Waals surface area contributed by atoms with Gasteiger partial charge in [0.15, 0.2) is 0 Å². The van der Waals surface area contributed by atoms with E-state index in [0.717, 1.165) is 24.8 Å². The highest BCUT2D eigenvalue weighted by molar-refractivity contribution is 5.33. The minimum absolute atomic E-state index is 0.154. The first-order valence-corrected chi connectivity index (χ1v) is 6.94. The monoisotopic (exact) mass is 258 g/mol. The van der Waals surface area contributed by atoms with Crippen LogP contribution in [0.5, 0.6) is 0 Å². The first kappa shape index (κ1) is 14.0. The van der Waals surface area contributed by atoms with E-state index < -0.39 is 5.41 Å². The van der Waals surface area contributed by atoms with Crippen molar-refractivity contribution in [3.63, 3.8) is 0 Å². The lowest BCUT2D eigenvalue weighted by Crippen LogP contribution is -2.29. The first-order chi connectivity index (χ1) is 9.06. The molecule has 2 rings (SSSR count). The van der Waals surface area contributed by atoms with E-state index in [9.17, 15) is 0 Å². The zero-order valence-corrected chi connectivity index (χ0v) is 11.7. The van der Waals surface area contributed by atoms with Crippen LogP contribution < -0.4 is 5.73 Å². The molecule has 2 unspecified atom stereocenters. The van der Waals surface area contributed by atoms with Gasteiger partial charge < -0.3 is 10.5 Å². The van der Waals surface area contributed by atoms with E-state index in [2.05, 4.69) is 18.2 Å². The minimum Gasteiger partial charge on any atom is -0.369 e. The molecule has 0 amide bonds. The lowest BCUT2D eigenvalue weighted by atomic mass is 9.85. The summed E-state index contributed by atoms with van der Waals surface area (Å²) in [5.74, 6) is 0. The van der Waals surface area contributed by atoms with Crippen molar-refractivity contribution in [2.75, 3.05) is 6.54 Å². The molecule has 1 aliphatic heterocycles. The molecule has 0 aliphatic carbocycles. The van der Waals surface area contributed by atoms with Gasteiger partial charge in [-0.3, -0.25) is 0 Å². The highest BCUT2D eigenvalue weighted by Crippen LogP contribution is 2.32. The van der Waals surface area contributed by atoms with E-state index in [-0.39, 0.29) is 12.2 Å². The molecule has 3 heteroatoms. The summed E-state index contributed by atoms with van der Waals surface area (Å²) in [6.45, 7) is 4.46. The van der Waals surface area contributed by atoms with Crippen LogP contribution in [-0.2, 0) is 10.2 Å². The average molecular weight is 258 g/mol. The van der Waals surface area contributed by atoms with E-state index >= 15 is 0 Å². The lowest BCUT2D eigenvalue weighted by Gasteiger charge is -2.30. The fourth-order valence-electron chi connectivity index (χ4n) is 2.50. The number of hydrogen-bond acceptors (Lipinski definition) is 3. The molecule has 1 aromatic carbocycles. The van der Waals surface area contributed by atoms with Crippen LogP contribution >= 0.6 is 0 Å². The van der Waals surface area contributed by atoms with Gasteiger partial charge in [-0.2, -0.15) is 5.26 Å². The maximum atomic E-state index is 9.14. The van der Waals surface area contributed by atoms with Gasteiger partial charge >= 0.3 is 0 Å². The van der Waals surface area contributed by atoms with Gasteiger partial charge in [0.25, 0.3) is 0 Å². The summed E-state index contributed by atoms with van der Waals surface area (Å²) in [5.41, 5.74) is 7.48. The molecular formula is C16H22N2O. The predicted molar refractivity (Wildman–Crippen MR) is 75.6 cm³/mol. The fraction of sp³-hybridized carbons (Fsp3) is 0.562. The molecule has 0 radical (unpaired) electrons. The van der Waals surface area contributed by atoms with E-state index in [1.54, 1.807) is 0 Å². The van der Waals surface area contributed by atoms with Crippen LogP contribution in [0.2, 0.25) is 0 Å². The molecule has 1 aliphatic rings. The van der Waals surface area contributed by atoms with Crippen molar-refractivity contribution in [3.8, 4) is 6.07 Å². The number of nitrogens with two attached hydrogens (primary N) is 1. The second-order valence-electron chi connectivity index (χ2n) is 5.77. The second-order valence-corrected chi connectivity index (χ2v) is 5.77. The van der Waals surface area contributed by atoms with Gasteiger partial charge in [-0.25, -0.2) is 0 Å². The number of benzene rings is 1. The van der Waals surface area contributed by atoms with Gasteiger partial charge in [0.1, 0.15) is 0 Å². The number of hydrogen-bond donors (Lipinski definition) is 1. The summed E-state index contributed by atoms with van der Waals surface area (Å²) >= 11 is 0. The van der Waals surface area contributed by atoms with Gasteiger partial charge in [0, 0.05) is 6.54 Å². The quantitative estimate of drug-likeness (QED) is 0.906. The lowest BCUT2D eigenvalue weighted by molar-refractivity contribution is -0.0462. The van der Waals surface area contributed by atoms with Crippen molar-refractivity contribution < 1.29 is 4.74 Å². The maximum absolute atomic E-state index is 9.14. The Bertz CT molecular complexity index is 459. The molecule has 3 nitrogen and oxygen atoms in total. The van der Waals surface area contributed by atoms with E-state index in [4.69, 9.17) is 15.7 Å². The Morgan fingerprint density at radius 1 is 1.32 bits per heavy atom. The van der Waals surface area contributed by atoms with Crippen LogP contribution in [0.15, 0.2) is 24.3 Å². The maximum Gasteiger partial charge on any atom is 0.0829 e. The molecule has 0 spiro atoms. The highest BCUT2D eigenvalue weighted by atomic mass is 16.5. The predicted octanol–water partition coefficient (Wildman–Crippen LogP) is 3.06. The van der Waals surface area contributed by atoms with Crippen molar-refractivity contribution >= 4 is 0 Å². The van der Waals surface area contributed by atoms with Crippen LogP contribution in [0.1, 0.15) is 50.3 Å². The summed E-state index contributed by atoms with van der Waals surface area (Å²) in [6.07, 6.45) is 3.62. The Kier molecular flexibility index (Phi) is 4.24. The number of ether oxygens (including phenoxy) is 1. The van der Waals surface area contributed by atoms with Crippen LogP contribution in [0, 0.1) is 11.3 Å². The Hall–Kier alpha value is -1.37. The molecule has 0 saturated carbocycles. The molecule has 2 atom stereocenters. The molecule has 1 heterocycles.